The minimum Gasteiger partial charge on any atom is -0.487 e. The van der Waals surface area contributed by atoms with Gasteiger partial charge < -0.3 is 9.64 Å². The summed E-state index contributed by atoms with van der Waals surface area (Å²) >= 11 is 0. The van der Waals surface area contributed by atoms with Crippen LogP contribution in [0.1, 0.15) is 46.0 Å². The third-order valence-corrected chi connectivity index (χ3v) is 6.36. The first-order valence-electron chi connectivity index (χ1n) is 10.2. The smallest absolute Gasteiger partial charge is 0.258 e. The zero-order chi connectivity index (χ0) is 20.1. The summed E-state index contributed by atoms with van der Waals surface area (Å²) in [6, 6.07) is 12.6. The maximum atomic E-state index is 13.2. The Morgan fingerprint density at radius 1 is 1.17 bits per heavy atom. The molecule has 29 heavy (non-hydrogen) atoms. The zero-order valence-electron chi connectivity index (χ0n) is 17.1. The Labute approximate surface area is 170 Å². The molecule has 2 bridgehead atoms. The van der Waals surface area contributed by atoms with Crippen LogP contribution in [0.15, 0.2) is 48.8 Å². The Balaban J connectivity index is 1.49. The van der Waals surface area contributed by atoms with Crippen LogP contribution >= 0.6 is 0 Å². The van der Waals surface area contributed by atoms with Crippen molar-refractivity contribution in [3.63, 3.8) is 0 Å². The fourth-order valence-electron chi connectivity index (χ4n) is 4.53. The van der Waals surface area contributed by atoms with E-state index in [9.17, 15) is 4.79 Å². The normalized spacial score (nSPS) is 20.4. The highest BCUT2D eigenvalue weighted by Gasteiger charge is 2.39. The van der Waals surface area contributed by atoms with Crippen molar-refractivity contribution < 1.29 is 9.53 Å². The van der Waals surface area contributed by atoms with E-state index in [1.165, 1.54) is 16.7 Å². The van der Waals surface area contributed by atoms with Crippen LogP contribution in [0.5, 0.6) is 5.75 Å². The Morgan fingerprint density at radius 2 is 1.97 bits per heavy atom. The number of aromatic nitrogens is 2. The predicted octanol–water partition coefficient (Wildman–Crippen LogP) is 4.08. The van der Waals surface area contributed by atoms with E-state index >= 15 is 0 Å². The molecule has 1 amide bonds. The fourth-order valence-corrected chi connectivity index (χ4v) is 4.53. The van der Waals surface area contributed by atoms with Gasteiger partial charge in [-0.3, -0.25) is 4.79 Å². The topological polar surface area (TPSA) is 47.4 Å². The molecule has 0 radical (unpaired) electrons. The molecule has 5 rings (SSSR count). The summed E-state index contributed by atoms with van der Waals surface area (Å²) in [7, 11) is 0. The van der Waals surface area contributed by atoms with Gasteiger partial charge in [-0.05, 0) is 73.7 Å². The van der Waals surface area contributed by atoms with E-state index in [-0.39, 0.29) is 18.1 Å². The number of amides is 1. The number of hydrogen-bond acceptors (Lipinski definition) is 3. The molecule has 148 valence electrons. The lowest BCUT2D eigenvalue weighted by Crippen LogP contribution is -2.33. The summed E-state index contributed by atoms with van der Waals surface area (Å²) in [4.78, 5) is 15.2. The van der Waals surface area contributed by atoms with Gasteiger partial charge in [-0.15, -0.1) is 0 Å². The molecule has 0 saturated carbocycles. The number of rotatable bonds is 3. The second-order valence-corrected chi connectivity index (χ2v) is 8.24. The molecule has 5 heteroatoms. The number of benzene rings is 2. The SMILES string of the molecule is Cc1c(Cc2ccc(-n3cccn3)cc2)cc2c(c1C)OC1C[C@H](C)N(C1)C2=O. The summed E-state index contributed by atoms with van der Waals surface area (Å²) < 4.78 is 8.14. The molecule has 3 heterocycles. The molecule has 2 atom stereocenters. The van der Waals surface area contributed by atoms with Gasteiger partial charge in [0.1, 0.15) is 11.9 Å². The van der Waals surface area contributed by atoms with Crippen LogP contribution in [0, 0.1) is 13.8 Å². The van der Waals surface area contributed by atoms with E-state index in [0.717, 1.165) is 29.8 Å². The zero-order valence-corrected chi connectivity index (χ0v) is 17.1. The van der Waals surface area contributed by atoms with Crippen molar-refractivity contribution in [2.24, 2.45) is 0 Å². The molecule has 2 aliphatic rings. The van der Waals surface area contributed by atoms with Gasteiger partial charge in [0.05, 0.1) is 17.8 Å². The summed E-state index contributed by atoms with van der Waals surface area (Å²) in [6.45, 7) is 7.00. The van der Waals surface area contributed by atoms with Crippen LogP contribution in [-0.4, -0.2) is 39.3 Å². The number of carbonyl (C=O) groups is 1. The van der Waals surface area contributed by atoms with Crippen molar-refractivity contribution in [3.05, 3.63) is 76.6 Å². The largest absolute Gasteiger partial charge is 0.487 e. The van der Waals surface area contributed by atoms with Crippen molar-refractivity contribution in [2.45, 2.75) is 45.8 Å². The standard InChI is InChI=1S/C24H25N3O2/c1-15-11-21-14-26(15)24(28)22-13-19(16(2)17(3)23(22)29-21)12-18-5-7-20(8-6-18)27-10-4-9-25-27/h4-10,13,15,21H,11-12,14H2,1-3H3/t15-,21?/m0/s1. The van der Waals surface area contributed by atoms with Gasteiger partial charge in [-0.1, -0.05) is 12.1 Å². The summed E-state index contributed by atoms with van der Waals surface area (Å²) in [5.41, 5.74) is 6.42. The number of ether oxygens (including phenoxy) is 1. The Morgan fingerprint density at radius 3 is 2.69 bits per heavy atom. The molecule has 0 N–H and O–H groups in total. The van der Waals surface area contributed by atoms with Gasteiger partial charge in [0.2, 0.25) is 0 Å². The Hall–Kier alpha value is -3.08. The van der Waals surface area contributed by atoms with Crippen molar-refractivity contribution in [3.8, 4) is 11.4 Å². The lowest BCUT2D eigenvalue weighted by atomic mass is 9.93. The summed E-state index contributed by atoms with van der Waals surface area (Å²) in [6.07, 6.45) is 5.51. The quantitative estimate of drug-likeness (QED) is 0.680. The number of carbonyl (C=O) groups excluding carboxylic acids is 1. The van der Waals surface area contributed by atoms with Crippen molar-refractivity contribution >= 4 is 5.91 Å². The lowest BCUT2D eigenvalue weighted by molar-refractivity contribution is 0.0748. The average Bonchev–Trinajstić information content (AvgIpc) is 3.35. The molecule has 1 saturated heterocycles. The monoisotopic (exact) mass is 387 g/mol. The predicted molar refractivity (Wildman–Crippen MR) is 112 cm³/mol. The van der Waals surface area contributed by atoms with Crippen molar-refractivity contribution in [1.29, 1.82) is 0 Å². The minimum absolute atomic E-state index is 0.103. The van der Waals surface area contributed by atoms with Crippen molar-refractivity contribution in [1.82, 2.24) is 14.7 Å². The molecule has 3 aromatic rings. The molecule has 1 aromatic heterocycles. The van der Waals surface area contributed by atoms with Gasteiger partial charge in [0.15, 0.2) is 0 Å². The van der Waals surface area contributed by atoms with E-state index in [4.69, 9.17) is 4.74 Å². The number of hydrogen-bond donors (Lipinski definition) is 0. The molecule has 5 nitrogen and oxygen atoms in total. The highest BCUT2D eigenvalue weighted by Crippen LogP contribution is 2.37. The third kappa shape index (κ3) is 3.01. The fraction of sp³-hybridized carbons (Fsp3) is 0.333. The maximum Gasteiger partial charge on any atom is 0.258 e. The molecular weight excluding hydrogens is 362 g/mol. The van der Waals surface area contributed by atoms with E-state index in [1.807, 2.05) is 21.8 Å². The average molecular weight is 387 g/mol. The molecule has 0 aliphatic carbocycles. The molecule has 0 spiro atoms. The minimum atomic E-state index is 0.103. The summed E-state index contributed by atoms with van der Waals surface area (Å²) in [5.74, 6) is 0.885. The van der Waals surface area contributed by atoms with Gasteiger partial charge in [-0.25, -0.2) is 4.68 Å². The molecular formula is C24H25N3O2. The first kappa shape index (κ1) is 18.0. The van der Waals surface area contributed by atoms with Crippen LogP contribution in [0.4, 0.5) is 0 Å². The third-order valence-electron chi connectivity index (χ3n) is 6.36. The molecule has 2 aromatic carbocycles. The maximum absolute atomic E-state index is 13.2. The second-order valence-electron chi connectivity index (χ2n) is 8.24. The number of fused-ring (bicyclic) bond motifs is 3. The highest BCUT2D eigenvalue weighted by molar-refractivity contribution is 5.98. The summed E-state index contributed by atoms with van der Waals surface area (Å²) in [5, 5.41) is 4.28. The van der Waals surface area contributed by atoms with Crippen molar-refractivity contribution in [2.75, 3.05) is 6.54 Å². The highest BCUT2D eigenvalue weighted by atomic mass is 16.5. The van der Waals surface area contributed by atoms with E-state index in [0.29, 0.717) is 12.1 Å². The molecule has 1 fully saturated rings. The second kappa shape index (κ2) is 6.76. The van der Waals surface area contributed by atoms with E-state index in [1.54, 1.807) is 6.20 Å². The number of nitrogens with zero attached hydrogens (tertiary/aromatic N) is 3. The van der Waals surface area contributed by atoms with Crippen LogP contribution < -0.4 is 4.74 Å². The molecule has 2 aliphatic heterocycles. The molecule has 1 unspecified atom stereocenters. The van der Waals surface area contributed by atoms with Crippen LogP contribution in [0.3, 0.4) is 0 Å². The van der Waals surface area contributed by atoms with E-state index in [2.05, 4.69) is 56.2 Å². The van der Waals surface area contributed by atoms with E-state index < -0.39 is 0 Å². The Kier molecular flexibility index (Phi) is 4.19. The first-order chi connectivity index (χ1) is 14.0. The van der Waals surface area contributed by atoms with Gasteiger partial charge >= 0.3 is 0 Å². The van der Waals surface area contributed by atoms with Crippen LogP contribution in [0.25, 0.3) is 5.69 Å². The van der Waals surface area contributed by atoms with Crippen LogP contribution in [-0.2, 0) is 6.42 Å². The first-order valence-corrected chi connectivity index (χ1v) is 10.2. The van der Waals surface area contributed by atoms with Gasteiger partial charge in [0.25, 0.3) is 5.91 Å². The van der Waals surface area contributed by atoms with Gasteiger partial charge in [0, 0.05) is 24.9 Å². The Bertz CT molecular complexity index is 1070. The van der Waals surface area contributed by atoms with Gasteiger partial charge in [-0.2, -0.15) is 5.10 Å². The van der Waals surface area contributed by atoms with Crippen LogP contribution in [0.2, 0.25) is 0 Å². The lowest BCUT2D eigenvalue weighted by Gasteiger charge is -2.24.